The molecule has 6 heteroatoms. The molecular formula is C19H22FNO3S. The molecule has 2 bridgehead atoms. The molecule has 25 heavy (non-hydrogen) atoms. The van der Waals surface area contributed by atoms with Gasteiger partial charge in [-0.2, -0.15) is 0 Å². The van der Waals surface area contributed by atoms with Crippen molar-refractivity contribution < 1.29 is 17.6 Å². The third kappa shape index (κ3) is 2.23. The van der Waals surface area contributed by atoms with Crippen molar-refractivity contribution in [2.75, 3.05) is 5.75 Å². The predicted molar refractivity (Wildman–Crippen MR) is 93.4 cm³/mol. The summed E-state index contributed by atoms with van der Waals surface area (Å²) in [6.07, 6.45) is 5.53. The monoisotopic (exact) mass is 363 g/mol. The van der Waals surface area contributed by atoms with E-state index in [9.17, 15) is 17.6 Å². The summed E-state index contributed by atoms with van der Waals surface area (Å²) < 4.78 is 39.6. The van der Waals surface area contributed by atoms with Crippen LogP contribution in [-0.4, -0.2) is 30.4 Å². The molecule has 0 unspecified atom stereocenters. The van der Waals surface area contributed by atoms with E-state index in [4.69, 9.17) is 0 Å². The number of halogens is 1. The Morgan fingerprint density at radius 1 is 1.28 bits per heavy atom. The molecule has 1 saturated heterocycles. The number of amides is 1. The molecule has 0 radical (unpaired) electrons. The third-order valence-electron chi connectivity index (χ3n) is 6.92. The van der Waals surface area contributed by atoms with E-state index in [1.54, 1.807) is 18.2 Å². The van der Waals surface area contributed by atoms with Gasteiger partial charge in [-0.05, 0) is 54.4 Å². The van der Waals surface area contributed by atoms with Gasteiger partial charge < -0.3 is 0 Å². The van der Waals surface area contributed by atoms with Gasteiger partial charge in [0.2, 0.25) is 10.0 Å². The van der Waals surface area contributed by atoms with Crippen LogP contribution in [0.15, 0.2) is 30.3 Å². The summed E-state index contributed by atoms with van der Waals surface area (Å²) >= 11 is 0. The van der Waals surface area contributed by atoms with Crippen LogP contribution in [0.3, 0.4) is 0 Å². The molecule has 0 N–H and O–H groups in total. The average molecular weight is 363 g/mol. The maximum atomic E-state index is 13.0. The number of sulfonamides is 1. The minimum absolute atomic E-state index is 0.0551. The van der Waals surface area contributed by atoms with Crippen LogP contribution in [0.4, 0.5) is 4.39 Å². The molecule has 1 heterocycles. The van der Waals surface area contributed by atoms with Gasteiger partial charge in [0.25, 0.3) is 5.91 Å². The van der Waals surface area contributed by atoms with E-state index in [-0.39, 0.29) is 28.4 Å². The van der Waals surface area contributed by atoms with Crippen molar-refractivity contribution in [1.82, 2.24) is 4.31 Å². The number of hydrogen-bond acceptors (Lipinski definition) is 3. The highest BCUT2D eigenvalue weighted by Crippen LogP contribution is 2.69. The number of carbonyl (C=O) groups excluding carboxylic acids is 1. The van der Waals surface area contributed by atoms with E-state index in [1.165, 1.54) is 18.2 Å². The lowest BCUT2D eigenvalue weighted by atomic mass is 9.69. The predicted octanol–water partition coefficient (Wildman–Crippen LogP) is 3.21. The van der Waals surface area contributed by atoms with Crippen LogP contribution >= 0.6 is 0 Å². The van der Waals surface area contributed by atoms with Crippen LogP contribution in [0.2, 0.25) is 0 Å². The van der Waals surface area contributed by atoms with Crippen LogP contribution < -0.4 is 0 Å². The Morgan fingerprint density at radius 2 is 1.96 bits per heavy atom. The van der Waals surface area contributed by atoms with Gasteiger partial charge >= 0.3 is 0 Å². The fourth-order valence-corrected chi connectivity index (χ4v) is 7.90. The zero-order valence-corrected chi connectivity index (χ0v) is 15.2. The standard InChI is InChI=1S/C19H22FNO3S/c1-18(2)14-9-10-19(18)12-25(23,24)21(16(19)11-14)17(22)8-5-13-3-6-15(20)7-4-13/h3-8,14,16H,9-12H2,1-2H3/b8-5+/t14-,16+,19-/m0/s1. The Balaban J connectivity index is 1.64. The first kappa shape index (κ1) is 16.8. The van der Waals surface area contributed by atoms with E-state index < -0.39 is 15.9 Å². The first-order chi connectivity index (χ1) is 11.7. The molecule has 3 atom stereocenters. The number of hydrogen-bond donors (Lipinski definition) is 0. The summed E-state index contributed by atoms with van der Waals surface area (Å²) in [4.78, 5) is 12.7. The summed E-state index contributed by atoms with van der Waals surface area (Å²) in [6, 6.07) is 5.50. The molecule has 134 valence electrons. The van der Waals surface area contributed by atoms with Gasteiger partial charge in [0.1, 0.15) is 5.82 Å². The van der Waals surface area contributed by atoms with Crippen molar-refractivity contribution in [1.29, 1.82) is 0 Å². The van der Waals surface area contributed by atoms with Crippen molar-refractivity contribution in [2.24, 2.45) is 16.7 Å². The summed E-state index contributed by atoms with van der Waals surface area (Å²) in [5.74, 6) is -0.291. The Bertz CT molecular complexity index is 859. The molecule has 1 aromatic rings. The molecule has 1 aromatic carbocycles. The first-order valence-corrected chi connectivity index (χ1v) is 10.3. The molecule has 1 spiro atoms. The van der Waals surface area contributed by atoms with E-state index in [0.29, 0.717) is 11.5 Å². The Hall–Kier alpha value is -1.69. The molecular weight excluding hydrogens is 341 g/mol. The van der Waals surface area contributed by atoms with E-state index in [0.717, 1.165) is 23.6 Å². The molecule has 1 aliphatic heterocycles. The zero-order chi connectivity index (χ0) is 18.0. The highest BCUT2D eigenvalue weighted by molar-refractivity contribution is 7.90. The van der Waals surface area contributed by atoms with Crippen molar-refractivity contribution in [3.63, 3.8) is 0 Å². The largest absolute Gasteiger partial charge is 0.269 e. The second kappa shape index (κ2) is 5.16. The van der Waals surface area contributed by atoms with Gasteiger partial charge in [-0.1, -0.05) is 26.0 Å². The molecule has 0 aromatic heterocycles. The molecule has 4 rings (SSSR count). The van der Waals surface area contributed by atoms with Crippen molar-refractivity contribution in [3.8, 4) is 0 Å². The molecule has 1 amide bonds. The highest BCUT2D eigenvalue weighted by atomic mass is 32.2. The van der Waals surface area contributed by atoms with Gasteiger partial charge in [-0.3, -0.25) is 4.79 Å². The second-order valence-corrected chi connectivity index (χ2v) is 9.99. The fraction of sp³-hybridized carbons (Fsp3) is 0.526. The van der Waals surface area contributed by atoms with Gasteiger partial charge in [-0.15, -0.1) is 0 Å². The highest BCUT2D eigenvalue weighted by Gasteiger charge is 2.72. The average Bonchev–Trinajstić information content (AvgIpc) is 3.01. The molecule has 3 fully saturated rings. The van der Waals surface area contributed by atoms with Crippen molar-refractivity contribution in [3.05, 3.63) is 41.7 Å². The topological polar surface area (TPSA) is 54.5 Å². The fourth-order valence-electron chi connectivity index (χ4n) is 5.39. The van der Waals surface area contributed by atoms with Gasteiger partial charge in [0, 0.05) is 11.5 Å². The Kier molecular flexibility index (Phi) is 3.46. The Morgan fingerprint density at radius 3 is 2.60 bits per heavy atom. The number of benzene rings is 1. The maximum Gasteiger partial charge on any atom is 0.260 e. The smallest absolute Gasteiger partial charge is 0.260 e. The van der Waals surface area contributed by atoms with Gasteiger partial charge in [0.05, 0.1) is 11.8 Å². The Labute approximate surface area is 147 Å². The molecule has 2 aliphatic carbocycles. The van der Waals surface area contributed by atoms with Crippen LogP contribution in [0.25, 0.3) is 6.08 Å². The van der Waals surface area contributed by atoms with E-state index >= 15 is 0 Å². The van der Waals surface area contributed by atoms with E-state index in [2.05, 4.69) is 13.8 Å². The molecule has 4 nitrogen and oxygen atoms in total. The van der Waals surface area contributed by atoms with Crippen LogP contribution in [0.1, 0.15) is 38.7 Å². The SMILES string of the molecule is CC1(C)[C@H]2CC[C@@]13CS(=O)(=O)N(C(=O)/C=C/c1ccc(F)cc1)[C@@H]3C2. The lowest BCUT2D eigenvalue weighted by Crippen LogP contribution is -2.43. The lowest BCUT2D eigenvalue weighted by molar-refractivity contribution is -0.123. The maximum absolute atomic E-state index is 13.0. The minimum Gasteiger partial charge on any atom is -0.269 e. The van der Waals surface area contributed by atoms with Gasteiger partial charge in [0.15, 0.2) is 0 Å². The summed E-state index contributed by atoms with van der Waals surface area (Å²) in [5, 5.41) is 0. The number of fused-ring (bicyclic) bond motifs is 1. The minimum atomic E-state index is -3.60. The van der Waals surface area contributed by atoms with Crippen molar-refractivity contribution >= 4 is 22.0 Å². The normalized spacial score (nSPS) is 34.6. The zero-order valence-electron chi connectivity index (χ0n) is 14.4. The number of rotatable bonds is 2. The third-order valence-corrected chi connectivity index (χ3v) is 8.83. The number of carbonyl (C=O) groups is 1. The summed E-state index contributed by atoms with van der Waals surface area (Å²) in [6.45, 7) is 4.31. The van der Waals surface area contributed by atoms with Gasteiger partial charge in [-0.25, -0.2) is 17.1 Å². The second-order valence-electron chi connectivity index (χ2n) is 8.14. The number of nitrogens with zero attached hydrogens (tertiary/aromatic N) is 1. The molecule has 3 aliphatic rings. The van der Waals surface area contributed by atoms with Crippen LogP contribution in [-0.2, 0) is 14.8 Å². The van der Waals surface area contributed by atoms with Crippen LogP contribution in [0.5, 0.6) is 0 Å². The first-order valence-electron chi connectivity index (χ1n) is 8.67. The molecule has 2 saturated carbocycles. The lowest BCUT2D eigenvalue weighted by Gasteiger charge is -2.36. The summed E-state index contributed by atoms with van der Waals surface area (Å²) in [5.41, 5.74) is 0.297. The summed E-state index contributed by atoms with van der Waals surface area (Å²) in [7, 11) is -3.60. The van der Waals surface area contributed by atoms with Crippen molar-refractivity contribution in [2.45, 2.75) is 39.2 Å². The van der Waals surface area contributed by atoms with Crippen LogP contribution in [0, 0.1) is 22.6 Å². The van der Waals surface area contributed by atoms with E-state index in [1.807, 2.05) is 0 Å². The quantitative estimate of drug-likeness (QED) is 0.758.